The van der Waals surface area contributed by atoms with E-state index >= 15 is 0 Å². The molecule has 0 atom stereocenters. The number of fused-ring (bicyclic) bond motifs is 3. The normalized spacial score (nSPS) is 12.0. The lowest BCUT2D eigenvalue weighted by atomic mass is 9.96. The summed E-state index contributed by atoms with van der Waals surface area (Å²) in [7, 11) is -6.78. The van der Waals surface area contributed by atoms with Crippen LogP contribution in [0.15, 0.2) is 142 Å². The van der Waals surface area contributed by atoms with Crippen LogP contribution in [-0.2, 0) is 41.6 Å². The molecular formula is C46H45F3O11S2. The monoisotopic (exact) mass is 894 g/mol. The molecule has 11 nitrogen and oxygen atoms in total. The molecule has 16 heteroatoms. The average Bonchev–Trinajstić information content (AvgIpc) is 3.18. The van der Waals surface area contributed by atoms with Crippen LogP contribution in [0.25, 0.3) is 21.5 Å². The van der Waals surface area contributed by atoms with Crippen molar-refractivity contribution in [1.82, 2.24) is 0 Å². The van der Waals surface area contributed by atoms with Crippen molar-refractivity contribution in [3.05, 3.63) is 133 Å². The van der Waals surface area contributed by atoms with Gasteiger partial charge in [-0.3, -0.25) is 0 Å². The van der Waals surface area contributed by atoms with Gasteiger partial charge in [0, 0.05) is 0 Å². The third kappa shape index (κ3) is 13.6. The van der Waals surface area contributed by atoms with Crippen molar-refractivity contribution in [2.45, 2.75) is 79.4 Å². The zero-order valence-electron chi connectivity index (χ0n) is 34.7. The Labute approximate surface area is 360 Å². The predicted octanol–water partition coefficient (Wildman–Crippen LogP) is 11.4. The smallest absolute Gasteiger partial charge is 0.514 e. The Kier molecular flexibility index (Phi) is 15.2. The molecule has 0 saturated heterocycles. The van der Waals surface area contributed by atoms with E-state index in [2.05, 4.69) is 54.6 Å². The van der Waals surface area contributed by atoms with E-state index in [0.29, 0.717) is 23.9 Å². The highest BCUT2D eigenvalue weighted by Gasteiger charge is 2.37. The Balaban J connectivity index is 0.000000826. The van der Waals surface area contributed by atoms with Crippen molar-refractivity contribution in [1.29, 1.82) is 0 Å². The Morgan fingerprint density at radius 1 is 0.629 bits per heavy atom. The summed E-state index contributed by atoms with van der Waals surface area (Å²) >= 11 is 0. The number of carbonyl (C=O) groups is 2. The molecule has 0 radical (unpaired) electrons. The van der Waals surface area contributed by atoms with E-state index in [1.165, 1.54) is 27.1 Å². The van der Waals surface area contributed by atoms with Gasteiger partial charge in [-0.05, 0) is 136 Å². The van der Waals surface area contributed by atoms with E-state index in [-0.39, 0.29) is 6.79 Å². The number of alkyl halides is 3. The summed E-state index contributed by atoms with van der Waals surface area (Å²) in [6.45, 7) is 11.2. The van der Waals surface area contributed by atoms with Crippen LogP contribution in [0.4, 0.5) is 22.8 Å². The largest absolute Gasteiger partial charge is 0.741 e. The summed E-state index contributed by atoms with van der Waals surface area (Å²) in [4.78, 5) is 27.5. The molecule has 0 spiro atoms. The quantitative estimate of drug-likeness (QED) is 0.0179. The van der Waals surface area contributed by atoms with Gasteiger partial charge in [0.05, 0.1) is 6.61 Å². The summed E-state index contributed by atoms with van der Waals surface area (Å²) < 4.78 is 92.8. The molecule has 328 valence electrons. The highest BCUT2D eigenvalue weighted by atomic mass is 32.2. The minimum absolute atomic E-state index is 0.0606. The Hall–Kier alpha value is -5.81. The highest BCUT2D eigenvalue weighted by molar-refractivity contribution is 7.97. The van der Waals surface area contributed by atoms with E-state index in [1.807, 2.05) is 48.5 Å². The summed E-state index contributed by atoms with van der Waals surface area (Å²) in [5.41, 5.74) is -5.78. The summed E-state index contributed by atoms with van der Waals surface area (Å²) in [6, 6.07) is 41.6. The molecule has 0 aliphatic heterocycles. The van der Waals surface area contributed by atoms with Crippen LogP contribution in [0, 0.1) is 0 Å². The zero-order valence-corrected chi connectivity index (χ0v) is 36.3. The molecule has 0 aliphatic carbocycles. The number of rotatable bonds is 11. The second kappa shape index (κ2) is 19.9. The maximum absolute atomic E-state index is 12.3. The van der Waals surface area contributed by atoms with Gasteiger partial charge in [-0.15, -0.1) is 0 Å². The SMILES string of the molecule is CC(C)(C)OC(=O)Oc1ccc([S+](c2ccc(OC(=O)OC(C)(C)C)cc2)c2ccccc2OCOCCc2cc3ccccc3c3ccccc23)cc1.O=S(=O)([O-])C(F)(F)F. The second-order valence-corrected chi connectivity index (χ2v) is 18.8. The molecule has 62 heavy (non-hydrogen) atoms. The van der Waals surface area contributed by atoms with E-state index in [0.717, 1.165) is 21.1 Å². The lowest BCUT2D eigenvalue weighted by Crippen LogP contribution is -2.26. The van der Waals surface area contributed by atoms with Crippen LogP contribution in [0.2, 0.25) is 0 Å². The third-order valence-corrected chi connectivity index (χ3v) is 11.2. The van der Waals surface area contributed by atoms with Gasteiger partial charge in [0.2, 0.25) is 4.90 Å². The first-order valence-corrected chi connectivity index (χ1v) is 21.7. The second-order valence-electron chi connectivity index (χ2n) is 15.5. The van der Waals surface area contributed by atoms with Crippen molar-refractivity contribution >= 4 is 54.9 Å². The van der Waals surface area contributed by atoms with Gasteiger partial charge in [0.25, 0.3) is 0 Å². The van der Waals surface area contributed by atoms with E-state index < -0.39 is 50.0 Å². The van der Waals surface area contributed by atoms with Crippen molar-refractivity contribution in [3.63, 3.8) is 0 Å². The number of para-hydroxylation sites is 1. The minimum Gasteiger partial charge on any atom is -0.741 e. The van der Waals surface area contributed by atoms with Gasteiger partial charge < -0.3 is 33.0 Å². The maximum Gasteiger partial charge on any atom is 0.514 e. The highest BCUT2D eigenvalue weighted by Crippen LogP contribution is 2.38. The molecule has 0 bridgehead atoms. The summed E-state index contributed by atoms with van der Waals surface area (Å²) in [6.07, 6.45) is -0.819. The fraction of sp³-hybridized carbons (Fsp3) is 0.261. The molecular weight excluding hydrogens is 850 g/mol. The first kappa shape index (κ1) is 47.2. The van der Waals surface area contributed by atoms with Crippen LogP contribution >= 0.6 is 0 Å². The maximum atomic E-state index is 12.3. The standard InChI is InChI=1S/C45H45O8S.CHF3O3S/c1-44(2,3)52-42(46)50-33-19-23-35(24-20-33)54(36-25-21-34(22-26-36)51-43(47)53-45(4,5)6)41-18-12-11-17-40(41)49-30-48-28-27-32-29-31-13-7-8-14-37(31)39-16-10-9-15-38(32)39;2-1(3,4)8(5,6)7/h7-26,29H,27-28,30H2,1-6H3;(H,5,6,7)/q+1;/p-1. The van der Waals surface area contributed by atoms with Crippen molar-refractivity contribution in [3.8, 4) is 17.2 Å². The minimum atomic E-state index is -6.09. The van der Waals surface area contributed by atoms with Gasteiger partial charge in [-0.2, -0.15) is 13.2 Å². The van der Waals surface area contributed by atoms with Crippen LogP contribution in [0.5, 0.6) is 17.2 Å². The first-order chi connectivity index (χ1) is 29.1. The van der Waals surface area contributed by atoms with Gasteiger partial charge in [0.15, 0.2) is 32.5 Å². The van der Waals surface area contributed by atoms with Crippen molar-refractivity contribution in [2.75, 3.05) is 13.4 Å². The first-order valence-electron chi connectivity index (χ1n) is 19.1. The van der Waals surface area contributed by atoms with Gasteiger partial charge >= 0.3 is 17.8 Å². The number of hydrogen-bond acceptors (Lipinski definition) is 11. The molecule has 0 aromatic heterocycles. The Morgan fingerprint density at radius 3 is 1.58 bits per heavy atom. The lowest BCUT2D eigenvalue weighted by Gasteiger charge is -2.19. The van der Waals surface area contributed by atoms with Crippen LogP contribution in [-0.4, -0.2) is 55.4 Å². The van der Waals surface area contributed by atoms with Crippen molar-refractivity contribution < 1.29 is 64.2 Å². The summed E-state index contributed by atoms with van der Waals surface area (Å²) in [5.74, 6) is 1.38. The van der Waals surface area contributed by atoms with E-state index in [1.54, 1.807) is 65.8 Å². The fourth-order valence-corrected chi connectivity index (χ4v) is 7.97. The molecule has 6 aromatic carbocycles. The molecule has 6 rings (SSSR count). The molecule has 0 N–H and O–H groups in total. The number of ether oxygens (including phenoxy) is 6. The molecule has 0 heterocycles. The van der Waals surface area contributed by atoms with Crippen LogP contribution in [0.1, 0.15) is 47.1 Å². The third-order valence-electron chi connectivity index (χ3n) is 8.32. The van der Waals surface area contributed by atoms with E-state index in [9.17, 15) is 22.8 Å². The van der Waals surface area contributed by atoms with Gasteiger partial charge in [0.1, 0.15) is 33.6 Å². The van der Waals surface area contributed by atoms with Crippen LogP contribution in [0.3, 0.4) is 0 Å². The Bertz CT molecular complexity index is 2510. The summed E-state index contributed by atoms with van der Waals surface area (Å²) in [5, 5.41) is 4.90. The number of halogens is 3. The van der Waals surface area contributed by atoms with Crippen LogP contribution < -0.4 is 14.2 Å². The topological polar surface area (TPSA) is 147 Å². The molecule has 0 amide bonds. The molecule has 0 saturated carbocycles. The van der Waals surface area contributed by atoms with Gasteiger partial charge in [-0.1, -0.05) is 66.7 Å². The molecule has 0 aliphatic rings. The lowest BCUT2D eigenvalue weighted by molar-refractivity contribution is -0.0518. The molecule has 6 aromatic rings. The number of benzene rings is 6. The zero-order chi connectivity index (χ0) is 45.3. The fourth-order valence-electron chi connectivity index (χ4n) is 5.83. The van der Waals surface area contributed by atoms with E-state index in [4.69, 9.17) is 41.4 Å². The Morgan fingerprint density at radius 2 is 1.08 bits per heavy atom. The predicted molar refractivity (Wildman–Crippen MR) is 228 cm³/mol. The average molecular weight is 895 g/mol. The number of carbonyl (C=O) groups excluding carboxylic acids is 2. The molecule has 0 unspecified atom stereocenters. The van der Waals surface area contributed by atoms with Gasteiger partial charge in [-0.25, -0.2) is 18.0 Å². The number of hydrogen-bond donors (Lipinski definition) is 0. The molecule has 0 fully saturated rings. The van der Waals surface area contributed by atoms with Crippen molar-refractivity contribution in [2.24, 2.45) is 0 Å².